The van der Waals surface area contributed by atoms with Crippen molar-refractivity contribution in [1.82, 2.24) is 9.97 Å². The number of nitrogens with one attached hydrogen (secondary N) is 2. The van der Waals surface area contributed by atoms with E-state index in [1.807, 2.05) is 44.2 Å². The first-order chi connectivity index (χ1) is 12.9. The first-order valence-electron chi connectivity index (χ1n) is 8.26. The number of anilines is 3. The number of hydrogen-bond acceptors (Lipinski definition) is 6. The molecular weight excluding hydrogens is 366 g/mol. The van der Waals surface area contributed by atoms with E-state index in [0.717, 1.165) is 22.4 Å². The Bertz CT molecular complexity index is 976. The lowest BCUT2D eigenvalue weighted by Crippen LogP contribution is -2.08. The summed E-state index contributed by atoms with van der Waals surface area (Å²) in [6.45, 7) is 4.36. The molecule has 0 amide bonds. The molecule has 0 radical (unpaired) electrons. The SMILES string of the molecule is Cc1ccc(Nc2ncnc(NCc3ccc(Cl)cc3)c2[N+](=O)[O-])cc1C. The molecule has 0 fully saturated rings. The number of nitrogens with zero attached hydrogens (tertiary/aromatic N) is 3. The molecule has 0 saturated heterocycles. The predicted octanol–water partition coefficient (Wildman–Crippen LogP) is 5.01. The van der Waals surface area contributed by atoms with Gasteiger partial charge in [0.2, 0.25) is 11.6 Å². The van der Waals surface area contributed by atoms with Crippen LogP contribution in [0.3, 0.4) is 0 Å². The van der Waals surface area contributed by atoms with E-state index in [0.29, 0.717) is 11.6 Å². The first kappa shape index (κ1) is 18.6. The van der Waals surface area contributed by atoms with E-state index in [4.69, 9.17) is 11.6 Å². The standard InChI is InChI=1S/C19H18ClN5O2/c1-12-3-8-16(9-13(12)2)24-19-17(25(26)27)18(22-11-23-19)21-10-14-4-6-15(20)7-5-14/h3-9,11H,10H2,1-2H3,(H2,21,22,23,24). The maximum Gasteiger partial charge on any atom is 0.353 e. The van der Waals surface area contributed by atoms with Gasteiger partial charge in [0, 0.05) is 17.3 Å². The van der Waals surface area contributed by atoms with Crippen LogP contribution in [0.4, 0.5) is 23.0 Å². The van der Waals surface area contributed by atoms with E-state index < -0.39 is 4.92 Å². The molecule has 0 bridgehead atoms. The molecule has 3 aromatic rings. The monoisotopic (exact) mass is 383 g/mol. The van der Waals surface area contributed by atoms with Crippen molar-refractivity contribution in [2.75, 3.05) is 10.6 Å². The third-order valence-electron chi connectivity index (χ3n) is 4.15. The van der Waals surface area contributed by atoms with Gasteiger partial charge in [-0.25, -0.2) is 9.97 Å². The fourth-order valence-corrected chi connectivity index (χ4v) is 2.64. The maximum absolute atomic E-state index is 11.6. The molecule has 0 atom stereocenters. The van der Waals surface area contributed by atoms with Crippen molar-refractivity contribution in [2.45, 2.75) is 20.4 Å². The summed E-state index contributed by atoms with van der Waals surface area (Å²) in [4.78, 5) is 19.2. The number of aryl methyl sites for hydroxylation is 2. The van der Waals surface area contributed by atoms with Crippen LogP contribution < -0.4 is 10.6 Å². The van der Waals surface area contributed by atoms with Crippen LogP contribution in [0.25, 0.3) is 0 Å². The van der Waals surface area contributed by atoms with Gasteiger partial charge in [-0.3, -0.25) is 10.1 Å². The van der Waals surface area contributed by atoms with Gasteiger partial charge in [0.25, 0.3) is 0 Å². The van der Waals surface area contributed by atoms with E-state index >= 15 is 0 Å². The van der Waals surface area contributed by atoms with E-state index in [1.54, 1.807) is 12.1 Å². The Labute approximate surface area is 161 Å². The minimum absolute atomic E-state index is 0.136. The summed E-state index contributed by atoms with van der Waals surface area (Å²) in [5.41, 5.74) is 3.67. The molecule has 0 aliphatic carbocycles. The van der Waals surface area contributed by atoms with E-state index in [9.17, 15) is 10.1 Å². The highest BCUT2D eigenvalue weighted by atomic mass is 35.5. The zero-order valence-electron chi connectivity index (χ0n) is 14.9. The first-order valence-corrected chi connectivity index (χ1v) is 8.64. The molecule has 1 aromatic heterocycles. The van der Waals surface area contributed by atoms with Crippen LogP contribution in [0.1, 0.15) is 16.7 Å². The molecule has 138 valence electrons. The van der Waals surface area contributed by atoms with Crippen LogP contribution in [-0.2, 0) is 6.54 Å². The Balaban J connectivity index is 1.86. The largest absolute Gasteiger partial charge is 0.360 e. The zero-order valence-corrected chi connectivity index (χ0v) is 15.6. The van der Waals surface area contributed by atoms with Gasteiger partial charge in [0.1, 0.15) is 6.33 Å². The van der Waals surface area contributed by atoms with Crippen molar-refractivity contribution >= 4 is 34.6 Å². The summed E-state index contributed by atoms with van der Waals surface area (Å²) in [6.07, 6.45) is 1.29. The number of aromatic nitrogens is 2. The van der Waals surface area contributed by atoms with Crippen LogP contribution in [-0.4, -0.2) is 14.9 Å². The Morgan fingerprint density at radius 1 is 1.04 bits per heavy atom. The topological polar surface area (TPSA) is 93.0 Å². The number of rotatable bonds is 6. The Kier molecular flexibility index (Phi) is 5.52. The van der Waals surface area contributed by atoms with Crippen LogP contribution >= 0.6 is 11.6 Å². The highest BCUT2D eigenvalue weighted by Gasteiger charge is 2.23. The summed E-state index contributed by atoms with van der Waals surface area (Å²) in [7, 11) is 0. The second kappa shape index (κ2) is 8.01. The van der Waals surface area contributed by atoms with Gasteiger partial charge in [-0.1, -0.05) is 29.8 Å². The van der Waals surface area contributed by atoms with Crippen molar-refractivity contribution in [3.8, 4) is 0 Å². The molecular formula is C19H18ClN5O2. The molecule has 0 aliphatic heterocycles. The summed E-state index contributed by atoms with van der Waals surface area (Å²) in [5.74, 6) is 0.285. The fourth-order valence-electron chi connectivity index (χ4n) is 2.52. The molecule has 2 aromatic carbocycles. The second-order valence-electron chi connectivity index (χ2n) is 6.08. The summed E-state index contributed by atoms with van der Waals surface area (Å²) < 4.78 is 0. The minimum atomic E-state index is -0.492. The average molecular weight is 384 g/mol. The van der Waals surface area contributed by atoms with Crippen molar-refractivity contribution in [3.05, 3.63) is 80.6 Å². The second-order valence-corrected chi connectivity index (χ2v) is 6.52. The fraction of sp³-hybridized carbons (Fsp3) is 0.158. The number of halogens is 1. The number of nitro groups is 1. The van der Waals surface area contributed by atoms with E-state index in [1.165, 1.54) is 6.33 Å². The van der Waals surface area contributed by atoms with Crippen molar-refractivity contribution in [3.63, 3.8) is 0 Å². The predicted molar refractivity (Wildman–Crippen MR) is 107 cm³/mol. The summed E-state index contributed by atoms with van der Waals surface area (Å²) >= 11 is 5.88. The normalized spacial score (nSPS) is 10.5. The van der Waals surface area contributed by atoms with Gasteiger partial charge in [-0.2, -0.15) is 0 Å². The quantitative estimate of drug-likeness (QED) is 0.459. The third kappa shape index (κ3) is 4.51. The Morgan fingerprint density at radius 3 is 2.41 bits per heavy atom. The molecule has 0 spiro atoms. The molecule has 8 heteroatoms. The molecule has 7 nitrogen and oxygen atoms in total. The highest BCUT2D eigenvalue weighted by Crippen LogP contribution is 2.31. The smallest absolute Gasteiger partial charge is 0.353 e. The lowest BCUT2D eigenvalue weighted by molar-refractivity contribution is -0.383. The number of hydrogen-bond donors (Lipinski definition) is 2. The van der Waals surface area contributed by atoms with Crippen LogP contribution in [0.5, 0.6) is 0 Å². The number of benzene rings is 2. The zero-order chi connectivity index (χ0) is 19.4. The Morgan fingerprint density at radius 2 is 1.74 bits per heavy atom. The van der Waals surface area contributed by atoms with Gasteiger partial charge in [-0.05, 0) is 54.8 Å². The van der Waals surface area contributed by atoms with Crippen molar-refractivity contribution < 1.29 is 4.92 Å². The van der Waals surface area contributed by atoms with Gasteiger partial charge < -0.3 is 10.6 Å². The van der Waals surface area contributed by atoms with Gasteiger partial charge in [0.05, 0.1) is 4.92 Å². The lowest BCUT2D eigenvalue weighted by atomic mass is 10.1. The van der Waals surface area contributed by atoms with Crippen LogP contribution in [0, 0.1) is 24.0 Å². The molecule has 0 aliphatic rings. The summed E-state index contributed by atoms with van der Waals surface area (Å²) in [6, 6.07) is 12.9. The van der Waals surface area contributed by atoms with Crippen LogP contribution in [0.15, 0.2) is 48.8 Å². The van der Waals surface area contributed by atoms with Gasteiger partial charge in [0.15, 0.2) is 0 Å². The third-order valence-corrected chi connectivity index (χ3v) is 4.40. The van der Waals surface area contributed by atoms with E-state index in [2.05, 4.69) is 20.6 Å². The highest BCUT2D eigenvalue weighted by molar-refractivity contribution is 6.30. The summed E-state index contributed by atoms with van der Waals surface area (Å²) in [5, 5.41) is 18.3. The van der Waals surface area contributed by atoms with Crippen molar-refractivity contribution in [2.24, 2.45) is 0 Å². The molecule has 0 saturated carbocycles. The maximum atomic E-state index is 11.6. The van der Waals surface area contributed by atoms with Crippen LogP contribution in [0.2, 0.25) is 5.02 Å². The van der Waals surface area contributed by atoms with Crippen molar-refractivity contribution in [1.29, 1.82) is 0 Å². The average Bonchev–Trinajstić information content (AvgIpc) is 2.64. The van der Waals surface area contributed by atoms with E-state index in [-0.39, 0.29) is 17.3 Å². The molecule has 27 heavy (non-hydrogen) atoms. The van der Waals surface area contributed by atoms with Gasteiger partial charge in [-0.15, -0.1) is 0 Å². The molecule has 3 rings (SSSR count). The van der Waals surface area contributed by atoms with Gasteiger partial charge >= 0.3 is 5.69 Å². The molecule has 1 heterocycles. The minimum Gasteiger partial charge on any atom is -0.360 e. The molecule has 2 N–H and O–H groups in total. The Hall–Kier alpha value is -3.19. The molecule has 0 unspecified atom stereocenters. The lowest BCUT2D eigenvalue weighted by Gasteiger charge is -2.11.